The van der Waals surface area contributed by atoms with E-state index in [4.69, 9.17) is 9.47 Å². The Bertz CT molecular complexity index is 818. The van der Waals surface area contributed by atoms with Crippen molar-refractivity contribution in [2.45, 2.75) is 54.8 Å². The minimum absolute atomic E-state index is 0. The van der Waals surface area contributed by atoms with Crippen molar-refractivity contribution in [3.8, 4) is 5.75 Å². The number of carbonyl (C=O) groups excluding carboxylic acids is 1. The molecule has 0 fully saturated rings. The Hall–Kier alpha value is -1.10. The number of hydrogen-bond donors (Lipinski definition) is 0. The second kappa shape index (κ2) is 10.4. The van der Waals surface area contributed by atoms with Crippen molar-refractivity contribution in [3.05, 3.63) is 57.6 Å². The molecule has 2 aromatic carbocycles. The average molecular weight is 379 g/mol. The fourth-order valence-corrected chi connectivity index (χ4v) is 4.32. The molecule has 141 valence electrons. The first-order valence-corrected chi connectivity index (χ1v) is 10.0. The summed E-state index contributed by atoms with van der Waals surface area (Å²) in [5, 5.41) is 1.06. The molecule has 0 aliphatic carbocycles. The van der Waals surface area contributed by atoms with E-state index in [1.54, 1.807) is 0 Å². The molecule has 0 spiro atoms. The maximum absolute atomic E-state index is 13.0. The van der Waals surface area contributed by atoms with Crippen LogP contribution in [0.25, 0.3) is 0 Å². The summed E-state index contributed by atoms with van der Waals surface area (Å²) < 4.78 is 11.2. The smallest absolute Gasteiger partial charge is 0.196 e. The van der Waals surface area contributed by atoms with E-state index in [-0.39, 0.29) is 39.3 Å². The summed E-state index contributed by atoms with van der Waals surface area (Å²) in [6.07, 6.45) is -0.282. The first kappa shape index (κ1) is 23.9. The van der Waals surface area contributed by atoms with Crippen molar-refractivity contribution in [2.75, 3.05) is 6.61 Å². The van der Waals surface area contributed by atoms with Crippen LogP contribution in [-0.4, -0.2) is 37.3 Å². The zero-order chi connectivity index (χ0) is 19.4. The number of ether oxygens (including phenoxy) is 2. The van der Waals surface area contributed by atoms with Crippen LogP contribution in [0.1, 0.15) is 52.0 Å². The van der Waals surface area contributed by atoms with E-state index in [9.17, 15) is 4.79 Å². The van der Waals surface area contributed by atoms with Crippen molar-refractivity contribution in [3.63, 3.8) is 0 Å². The predicted molar refractivity (Wildman–Crippen MR) is 116 cm³/mol. The normalized spacial score (nSPS) is 12.1. The minimum Gasteiger partial charge on any atom is -0.465 e. The van der Waals surface area contributed by atoms with Crippen LogP contribution in [-0.2, 0) is 4.74 Å². The molecule has 0 aliphatic rings. The van der Waals surface area contributed by atoms with E-state index in [1.807, 2.05) is 52.8 Å². The fraction of sp³-hybridized carbons (Fsp3) is 0.409. The topological polar surface area (TPSA) is 35.5 Å². The maximum Gasteiger partial charge on any atom is 0.196 e. The van der Waals surface area contributed by atoms with Gasteiger partial charge in [-0.05, 0) is 102 Å². The summed E-state index contributed by atoms with van der Waals surface area (Å²) in [6.45, 7) is 14.7. The molecule has 0 N–H and O–H groups in total. The Balaban J connectivity index is 0.00000364. The van der Waals surface area contributed by atoms with Crippen LogP contribution in [0, 0.1) is 34.6 Å². The van der Waals surface area contributed by atoms with Crippen molar-refractivity contribution < 1.29 is 14.3 Å². The number of carbonyl (C=O) groups is 1. The van der Waals surface area contributed by atoms with Gasteiger partial charge in [-0.25, -0.2) is 0 Å². The van der Waals surface area contributed by atoms with E-state index in [2.05, 4.69) is 19.9 Å². The molecule has 0 saturated carbocycles. The minimum atomic E-state index is -0.282. The van der Waals surface area contributed by atoms with E-state index in [1.165, 1.54) is 11.1 Å². The molecule has 2 aromatic rings. The molecule has 2 atom stereocenters. The van der Waals surface area contributed by atoms with Crippen molar-refractivity contribution in [1.82, 2.24) is 0 Å². The largest absolute Gasteiger partial charge is 0.465 e. The van der Waals surface area contributed by atoms with Crippen LogP contribution in [0.2, 0.25) is 0 Å². The number of aryl methyl sites for hydroxylation is 3. The summed E-state index contributed by atoms with van der Waals surface area (Å²) >= 11 is 0. The third kappa shape index (κ3) is 5.94. The van der Waals surface area contributed by atoms with Gasteiger partial charge in [-0.15, -0.1) is 0 Å². The Labute approximate surface area is 177 Å². The molecule has 2 unspecified atom stereocenters. The Morgan fingerprint density at radius 1 is 1.00 bits per heavy atom. The van der Waals surface area contributed by atoms with Crippen LogP contribution >= 0.6 is 8.58 Å². The SMILES string of the molecule is CCOC(C)Oc1ccc(PC(=O)c2c(C)cc(C)c(C)c2C)c(C)c1.[Li]. The van der Waals surface area contributed by atoms with Crippen molar-refractivity contribution >= 4 is 38.3 Å². The summed E-state index contributed by atoms with van der Waals surface area (Å²) in [5.41, 5.74) is 6.74. The molecular weight excluding hydrogens is 350 g/mol. The van der Waals surface area contributed by atoms with Crippen LogP contribution < -0.4 is 10.0 Å². The van der Waals surface area contributed by atoms with Crippen LogP contribution in [0.15, 0.2) is 24.3 Å². The Morgan fingerprint density at radius 2 is 1.67 bits per heavy atom. The summed E-state index contributed by atoms with van der Waals surface area (Å²) in [4.78, 5) is 13.0. The number of rotatable bonds is 7. The van der Waals surface area contributed by atoms with Crippen molar-refractivity contribution in [1.29, 1.82) is 0 Å². The van der Waals surface area contributed by atoms with Gasteiger partial charge in [0, 0.05) is 31.0 Å². The quantitative estimate of drug-likeness (QED) is 0.396. The molecule has 0 bridgehead atoms. The summed E-state index contributed by atoms with van der Waals surface area (Å²) in [5.74, 6) is 0.767. The first-order chi connectivity index (χ1) is 12.2. The molecule has 5 heteroatoms. The first-order valence-electron chi connectivity index (χ1n) is 9.02. The molecule has 0 saturated heterocycles. The third-order valence-electron chi connectivity index (χ3n) is 4.73. The van der Waals surface area contributed by atoms with E-state index in [0.717, 1.165) is 33.3 Å². The Kier molecular flexibility index (Phi) is 9.26. The monoisotopic (exact) mass is 379 g/mol. The van der Waals surface area contributed by atoms with Gasteiger partial charge in [0.05, 0.1) is 0 Å². The van der Waals surface area contributed by atoms with Gasteiger partial charge in [0.25, 0.3) is 0 Å². The fourth-order valence-electron chi connectivity index (χ4n) is 3.13. The van der Waals surface area contributed by atoms with Gasteiger partial charge < -0.3 is 9.47 Å². The van der Waals surface area contributed by atoms with Gasteiger partial charge in [-0.3, -0.25) is 4.79 Å². The van der Waals surface area contributed by atoms with Gasteiger partial charge in [0.1, 0.15) is 5.75 Å². The molecule has 0 amide bonds. The van der Waals surface area contributed by atoms with Gasteiger partial charge in [-0.2, -0.15) is 0 Å². The zero-order valence-electron chi connectivity index (χ0n) is 17.8. The molecule has 27 heavy (non-hydrogen) atoms. The second-order valence-corrected chi connectivity index (χ2v) is 7.95. The van der Waals surface area contributed by atoms with Gasteiger partial charge in [0.15, 0.2) is 11.8 Å². The molecule has 2 rings (SSSR count). The van der Waals surface area contributed by atoms with Crippen LogP contribution in [0.4, 0.5) is 0 Å². The Morgan fingerprint density at radius 3 is 2.26 bits per heavy atom. The predicted octanol–water partition coefficient (Wildman–Crippen LogP) is 4.75. The van der Waals surface area contributed by atoms with E-state index >= 15 is 0 Å². The summed E-state index contributed by atoms with van der Waals surface area (Å²) in [6, 6.07) is 7.99. The van der Waals surface area contributed by atoms with E-state index < -0.39 is 0 Å². The molecule has 3 nitrogen and oxygen atoms in total. The number of benzene rings is 2. The van der Waals surface area contributed by atoms with Gasteiger partial charge >= 0.3 is 0 Å². The van der Waals surface area contributed by atoms with Crippen LogP contribution in [0.3, 0.4) is 0 Å². The molecule has 0 aliphatic heterocycles. The average Bonchev–Trinajstić information content (AvgIpc) is 2.55. The number of hydrogen-bond acceptors (Lipinski definition) is 3. The second-order valence-electron chi connectivity index (χ2n) is 6.71. The maximum atomic E-state index is 13.0. The standard InChI is InChI=1S/C22H29O3P.Li/c1-8-24-18(7)25-19-9-10-20(14(3)12-19)26-22(23)21-15(4)11-13(2)16(5)17(21)6;/h9-12,18,26H,8H2,1-7H3;. The summed E-state index contributed by atoms with van der Waals surface area (Å²) in [7, 11) is 0.107. The molecule has 0 heterocycles. The third-order valence-corrected chi connectivity index (χ3v) is 6.04. The van der Waals surface area contributed by atoms with Gasteiger partial charge in [-0.1, -0.05) is 12.1 Å². The van der Waals surface area contributed by atoms with E-state index in [0.29, 0.717) is 6.61 Å². The molecular formula is C22H29LiO3P. The molecule has 0 aromatic heterocycles. The van der Waals surface area contributed by atoms with Crippen LogP contribution in [0.5, 0.6) is 5.75 Å². The van der Waals surface area contributed by atoms with Gasteiger partial charge in [0.2, 0.25) is 0 Å². The van der Waals surface area contributed by atoms with Crippen molar-refractivity contribution in [2.24, 2.45) is 0 Å². The molecule has 1 radical (unpaired) electrons. The zero-order valence-corrected chi connectivity index (χ0v) is 18.8.